The molecule has 1 saturated heterocycles. The highest BCUT2D eigenvalue weighted by Gasteiger charge is 2.27. The number of benzene rings is 1. The van der Waals surface area contributed by atoms with Crippen molar-refractivity contribution in [3.63, 3.8) is 0 Å². The van der Waals surface area contributed by atoms with Gasteiger partial charge in [-0.15, -0.1) is 0 Å². The van der Waals surface area contributed by atoms with Gasteiger partial charge in [-0.25, -0.2) is 0 Å². The molecule has 1 heterocycles. The molecule has 1 aromatic rings. The molecule has 0 saturated carbocycles. The Labute approximate surface area is 142 Å². The minimum atomic E-state index is -0.0449. The zero-order chi connectivity index (χ0) is 17.0. The number of halogens is 1. The van der Waals surface area contributed by atoms with E-state index >= 15 is 0 Å². The van der Waals surface area contributed by atoms with Crippen molar-refractivity contribution in [3.05, 3.63) is 22.7 Å². The van der Waals surface area contributed by atoms with Gasteiger partial charge in [0.1, 0.15) is 0 Å². The van der Waals surface area contributed by atoms with Gasteiger partial charge in [0.15, 0.2) is 11.5 Å². The Balaban J connectivity index is 2.20. The smallest absolute Gasteiger partial charge is 0.254 e. The predicted molar refractivity (Wildman–Crippen MR) is 91.4 cm³/mol. The van der Waals surface area contributed by atoms with Crippen LogP contribution in [0.15, 0.2) is 12.1 Å². The number of nitrogens with zero attached hydrogens (tertiary/aromatic N) is 1. The molecule has 0 aliphatic carbocycles. The van der Waals surface area contributed by atoms with Crippen molar-refractivity contribution < 1.29 is 14.3 Å². The normalized spacial score (nSPS) is 17.7. The third-order valence-corrected chi connectivity index (χ3v) is 4.22. The van der Waals surface area contributed by atoms with Crippen molar-refractivity contribution in [2.24, 2.45) is 17.6 Å². The molecule has 6 heteroatoms. The van der Waals surface area contributed by atoms with Gasteiger partial charge in [0.25, 0.3) is 5.91 Å². The molecule has 23 heavy (non-hydrogen) atoms. The van der Waals surface area contributed by atoms with Gasteiger partial charge in [-0.1, -0.05) is 25.4 Å². The molecule has 0 spiro atoms. The summed E-state index contributed by atoms with van der Waals surface area (Å²) in [6.45, 7) is 6.68. The molecule has 5 nitrogen and oxygen atoms in total. The highest BCUT2D eigenvalue weighted by Crippen LogP contribution is 2.37. The van der Waals surface area contributed by atoms with Crippen LogP contribution in [0.2, 0.25) is 5.02 Å². The SMILES string of the molecule is COc1cc(C(=O)N2CCC(CN)C2)cc(Cl)c1OCC(C)C. The molecule has 1 unspecified atom stereocenters. The lowest BCUT2D eigenvalue weighted by molar-refractivity contribution is 0.0787. The number of likely N-dealkylation sites (tertiary alicyclic amines) is 1. The summed E-state index contributed by atoms with van der Waals surface area (Å²) in [6, 6.07) is 3.34. The van der Waals surface area contributed by atoms with Crippen LogP contribution in [0.3, 0.4) is 0 Å². The fourth-order valence-electron chi connectivity index (χ4n) is 2.63. The van der Waals surface area contributed by atoms with Gasteiger partial charge in [0, 0.05) is 18.7 Å². The number of rotatable bonds is 6. The van der Waals surface area contributed by atoms with E-state index in [1.54, 1.807) is 19.2 Å². The van der Waals surface area contributed by atoms with Gasteiger partial charge in [0.2, 0.25) is 0 Å². The highest BCUT2D eigenvalue weighted by atomic mass is 35.5. The summed E-state index contributed by atoms with van der Waals surface area (Å²) >= 11 is 6.31. The maximum Gasteiger partial charge on any atom is 0.254 e. The van der Waals surface area contributed by atoms with E-state index < -0.39 is 0 Å². The average molecular weight is 341 g/mol. The Morgan fingerprint density at radius 1 is 1.48 bits per heavy atom. The van der Waals surface area contributed by atoms with Crippen molar-refractivity contribution in [2.45, 2.75) is 20.3 Å². The number of hydrogen-bond acceptors (Lipinski definition) is 4. The summed E-state index contributed by atoms with van der Waals surface area (Å²) in [6.07, 6.45) is 0.947. The Kier molecular flexibility index (Phi) is 6.13. The molecule has 0 aromatic heterocycles. The molecule has 1 fully saturated rings. The monoisotopic (exact) mass is 340 g/mol. The van der Waals surface area contributed by atoms with Crippen LogP contribution in [0.5, 0.6) is 11.5 Å². The van der Waals surface area contributed by atoms with Crippen LogP contribution < -0.4 is 15.2 Å². The van der Waals surface area contributed by atoms with E-state index in [0.717, 1.165) is 13.0 Å². The molecule has 0 bridgehead atoms. The van der Waals surface area contributed by atoms with E-state index in [4.69, 9.17) is 26.8 Å². The van der Waals surface area contributed by atoms with E-state index in [2.05, 4.69) is 13.8 Å². The lowest BCUT2D eigenvalue weighted by Crippen LogP contribution is -2.29. The largest absolute Gasteiger partial charge is 0.493 e. The number of hydrogen-bond donors (Lipinski definition) is 1. The minimum absolute atomic E-state index is 0.0449. The van der Waals surface area contributed by atoms with Crippen molar-refractivity contribution >= 4 is 17.5 Å². The third-order valence-electron chi connectivity index (χ3n) is 3.94. The fraction of sp³-hybridized carbons (Fsp3) is 0.588. The van der Waals surface area contributed by atoms with Crippen molar-refractivity contribution in [2.75, 3.05) is 33.4 Å². The molecule has 1 aromatic carbocycles. The maximum absolute atomic E-state index is 12.6. The third kappa shape index (κ3) is 4.30. The molecule has 1 atom stereocenters. The van der Waals surface area contributed by atoms with E-state index in [1.165, 1.54) is 0 Å². The topological polar surface area (TPSA) is 64.8 Å². The molecule has 128 valence electrons. The van der Waals surface area contributed by atoms with Crippen LogP contribution in [0, 0.1) is 11.8 Å². The van der Waals surface area contributed by atoms with Gasteiger partial charge < -0.3 is 20.1 Å². The lowest BCUT2D eigenvalue weighted by Gasteiger charge is -2.19. The number of carbonyl (C=O) groups excluding carboxylic acids is 1. The number of methoxy groups -OCH3 is 1. The first kappa shape index (κ1) is 17.9. The molecule has 1 aliphatic rings. The molecule has 1 amide bonds. The van der Waals surface area contributed by atoms with Crippen LogP contribution in [-0.2, 0) is 0 Å². The lowest BCUT2D eigenvalue weighted by atomic mass is 10.1. The van der Waals surface area contributed by atoms with E-state index in [1.807, 2.05) is 4.90 Å². The molecule has 0 radical (unpaired) electrons. The summed E-state index contributed by atoms with van der Waals surface area (Å²) in [5.41, 5.74) is 6.20. The summed E-state index contributed by atoms with van der Waals surface area (Å²) in [4.78, 5) is 14.5. The van der Waals surface area contributed by atoms with Crippen molar-refractivity contribution in [3.8, 4) is 11.5 Å². The van der Waals surface area contributed by atoms with E-state index in [9.17, 15) is 4.79 Å². The van der Waals surface area contributed by atoms with Crippen molar-refractivity contribution in [1.29, 1.82) is 0 Å². The van der Waals surface area contributed by atoms with Crippen LogP contribution in [0.4, 0.5) is 0 Å². The summed E-state index contributed by atoms with van der Waals surface area (Å²) in [5, 5.41) is 0.392. The second-order valence-corrected chi connectivity index (χ2v) is 6.74. The number of nitrogens with two attached hydrogens (primary N) is 1. The Hall–Kier alpha value is -1.46. The van der Waals surface area contributed by atoms with Gasteiger partial charge in [-0.2, -0.15) is 0 Å². The standard InChI is InChI=1S/C17H25ClN2O3/c1-11(2)10-23-16-14(18)6-13(7-15(16)22-3)17(21)20-5-4-12(8-19)9-20/h6-7,11-12H,4-5,8-10,19H2,1-3H3. The first-order valence-corrected chi connectivity index (χ1v) is 8.33. The molecular formula is C17H25ClN2O3. The zero-order valence-electron chi connectivity index (χ0n) is 14.0. The Bertz CT molecular complexity index is 563. The van der Waals surface area contributed by atoms with E-state index in [0.29, 0.717) is 53.6 Å². The predicted octanol–water partition coefficient (Wildman–Crippen LogP) is 2.80. The van der Waals surface area contributed by atoms with Crippen LogP contribution >= 0.6 is 11.6 Å². The summed E-state index contributed by atoms with van der Waals surface area (Å²) in [7, 11) is 1.54. The second-order valence-electron chi connectivity index (χ2n) is 6.34. The van der Waals surface area contributed by atoms with Crippen LogP contribution in [0.25, 0.3) is 0 Å². The second kappa shape index (κ2) is 7.88. The average Bonchev–Trinajstić information content (AvgIpc) is 3.01. The maximum atomic E-state index is 12.6. The Morgan fingerprint density at radius 2 is 2.22 bits per heavy atom. The molecule has 2 rings (SSSR count). The van der Waals surface area contributed by atoms with Crippen LogP contribution in [0.1, 0.15) is 30.6 Å². The van der Waals surface area contributed by atoms with Crippen molar-refractivity contribution in [1.82, 2.24) is 4.90 Å². The van der Waals surface area contributed by atoms with Gasteiger partial charge in [0.05, 0.1) is 18.7 Å². The molecule has 1 aliphatic heterocycles. The first-order chi connectivity index (χ1) is 11.0. The number of ether oxygens (including phenoxy) is 2. The quantitative estimate of drug-likeness (QED) is 0.864. The number of amides is 1. The molecule has 2 N–H and O–H groups in total. The van der Waals surface area contributed by atoms with Gasteiger partial charge in [-0.05, 0) is 36.9 Å². The highest BCUT2D eigenvalue weighted by molar-refractivity contribution is 6.32. The van der Waals surface area contributed by atoms with Crippen LogP contribution in [-0.4, -0.2) is 44.2 Å². The van der Waals surface area contributed by atoms with Gasteiger partial charge in [-0.3, -0.25) is 4.79 Å². The number of carbonyl (C=O) groups is 1. The van der Waals surface area contributed by atoms with E-state index in [-0.39, 0.29) is 5.91 Å². The zero-order valence-corrected chi connectivity index (χ0v) is 14.7. The van der Waals surface area contributed by atoms with Gasteiger partial charge >= 0.3 is 0 Å². The minimum Gasteiger partial charge on any atom is -0.493 e. The Morgan fingerprint density at radius 3 is 2.78 bits per heavy atom. The summed E-state index contributed by atoms with van der Waals surface area (Å²) in [5.74, 6) is 1.67. The molecular weight excluding hydrogens is 316 g/mol. The summed E-state index contributed by atoms with van der Waals surface area (Å²) < 4.78 is 11.1. The first-order valence-electron chi connectivity index (χ1n) is 7.95. The fourth-order valence-corrected chi connectivity index (χ4v) is 2.89.